The van der Waals surface area contributed by atoms with Gasteiger partial charge in [0.2, 0.25) is 0 Å². The Morgan fingerprint density at radius 1 is 1.26 bits per heavy atom. The second kappa shape index (κ2) is 9.37. The van der Waals surface area contributed by atoms with Crippen LogP contribution in [0.25, 0.3) is 11.0 Å². The molecule has 0 bridgehead atoms. The van der Waals surface area contributed by atoms with Crippen LogP contribution >= 0.6 is 0 Å². The average molecular weight is 481 g/mol. The molecule has 0 unspecified atom stereocenters. The van der Waals surface area contributed by atoms with E-state index in [1.165, 1.54) is 16.7 Å². The van der Waals surface area contributed by atoms with Crippen molar-refractivity contribution in [1.82, 2.24) is 19.9 Å². The monoisotopic (exact) mass is 480 g/mol. The van der Waals surface area contributed by atoms with E-state index in [0.717, 1.165) is 24.1 Å². The number of hydrogen-bond acceptors (Lipinski definition) is 5. The van der Waals surface area contributed by atoms with Gasteiger partial charge in [-0.3, -0.25) is 19.1 Å². The Hall–Kier alpha value is -3.33. The summed E-state index contributed by atoms with van der Waals surface area (Å²) in [5.41, 5.74) is 0.379. The molecular weight excluding hydrogens is 451 g/mol. The third-order valence-electron chi connectivity index (χ3n) is 7.13. The van der Waals surface area contributed by atoms with Crippen LogP contribution < -0.4 is 16.6 Å². The fourth-order valence-electron chi connectivity index (χ4n) is 4.98. The van der Waals surface area contributed by atoms with E-state index >= 15 is 0 Å². The van der Waals surface area contributed by atoms with Crippen molar-refractivity contribution in [2.75, 3.05) is 19.8 Å². The number of ether oxygens (including phenoxy) is 1. The van der Waals surface area contributed by atoms with Crippen molar-refractivity contribution in [3.63, 3.8) is 0 Å². The van der Waals surface area contributed by atoms with Crippen molar-refractivity contribution in [2.45, 2.75) is 56.9 Å². The van der Waals surface area contributed by atoms with Gasteiger partial charge >= 0.3 is 5.69 Å². The third-order valence-corrected chi connectivity index (χ3v) is 7.13. The van der Waals surface area contributed by atoms with Crippen LogP contribution in [0.3, 0.4) is 0 Å². The standard InChI is InChI=1S/C26H29FN4O4/c1-2-10-31-22-21(24(33)30-25(31)34)19(14-20(29-22)16-6-7-16)23(32)28-15-26(8-11-35-12-9-26)17-4-3-5-18(27)13-17/h3-5,13-14,16H,2,6-12,15H2,1H3,(H,28,32)(H,30,33,34). The van der Waals surface area contributed by atoms with Gasteiger partial charge in [-0.15, -0.1) is 0 Å². The average Bonchev–Trinajstić information content (AvgIpc) is 3.70. The number of nitrogens with zero attached hydrogens (tertiary/aromatic N) is 2. The van der Waals surface area contributed by atoms with Gasteiger partial charge in [0.15, 0.2) is 5.65 Å². The Kier molecular flexibility index (Phi) is 6.27. The molecule has 1 aliphatic heterocycles. The van der Waals surface area contributed by atoms with E-state index in [1.54, 1.807) is 12.1 Å². The van der Waals surface area contributed by atoms with E-state index in [1.807, 2.05) is 13.0 Å². The molecule has 1 aliphatic carbocycles. The predicted octanol–water partition coefficient (Wildman–Crippen LogP) is 2.99. The highest BCUT2D eigenvalue weighted by molar-refractivity contribution is 6.05. The van der Waals surface area contributed by atoms with Gasteiger partial charge < -0.3 is 10.1 Å². The lowest BCUT2D eigenvalue weighted by Crippen LogP contribution is -2.45. The Morgan fingerprint density at radius 2 is 2.03 bits per heavy atom. The summed E-state index contributed by atoms with van der Waals surface area (Å²) in [4.78, 5) is 45.9. The number of nitrogens with one attached hydrogen (secondary N) is 2. The highest BCUT2D eigenvalue weighted by Crippen LogP contribution is 2.40. The minimum absolute atomic E-state index is 0.117. The van der Waals surface area contributed by atoms with Crippen LogP contribution in [0.2, 0.25) is 0 Å². The number of aromatic nitrogens is 3. The summed E-state index contributed by atoms with van der Waals surface area (Å²) in [6.07, 6.45) is 3.87. The first-order valence-corrected chi connectivity index (χ1v) is 12.2. The molecule has 8 nitrogen and oxygen atoms in total. The molecule has 0 spiro atoms. The van der Waals surface area contributed by atoms with Crippen molar-refractivity contribution < 1.29 is 13.9 Å². The molecule has 3 heterocycles. The fraction of sp³-hybridized carbons (Fsp3) is 0.462. The van der Waals surface area contributed by atoms with Crippen LogP contribution in [0.5, 0.6) is 0 Å². The summed E-state index contributed by atoms with van der Waals surface area (Å²) in [5.74, 6) is -0.507. The number of amides is 1. The summed E-state index contributed by atoms with van der Waals surface area (Å²) >= 11 is 0. The largest absolute Gasteiger partial charge is 0.381 e. The van der Waals surface area contributed by atoms with E-state index in [0.29, 0.717) is 39.0 Å². The quantitative estimate of drug-likeness (QED) is 0.541. The van der Waals surface area contributed by atoms with Gasteiger partial charge in [-0.25, -0.2) is 14.2 Å². The number of pyridine rings is 1. The minimum Gasteiger partial charge on any atom is -0.381 e. The smallest absolute Gasteiger partial charge is 0.329 e. The molecule has 2 aromatic heterocycles. The van der Waals surface area contributed by atoms with Crippen molar-refractivity contribution in [1.29, 1.82) is 0 Å². The van der Waals surface area contributed by atoms with Crippen LogP contribution in [-0.4, -0.2) is 40.2 Å². The highest BCUT2D eigenvalue weighted by Gasteiger charge is 2.36. The SMILES string of the molecule is CCCn1c(=O)[nH]c(=O)c2c(C(=O)NCC3(c4cccc(F)c4)CCOCC3)cc(C3CC3)nc21. The van der Waals surface area contributed by atoms with Crippen molar-refractivity contribution in [3.8, 4) is 0 Å². The zero-order valence-corrected chi connectivity index (χ0v) is 19.7. The first-order valence-electron chi connectivity index (χ1n) is 12.2. The molecule has 2 N–H and O–H groups in total. The molecule has 1 aromatic carbocycles. The highest BCUT2D eigenvalue weighted by atomic mass is 19.1. The molecular formula is C26H29FN4O4. The van der Waals surface area contributed by atoms with Crippen LogP contribution in [0.1, 0.15) is 66.6 Å². The lowest BCUT2D eigenvalue weighted by Gasteiger charge is -2.38. The maximum absolute atomic E-state index is 14.0. The zero-order valence-electron chi connectivity index (χ0n) is 19.7. The minimum atomic E-state index is -0.622. The van der Waals surface area contributed by atoms with Gasteiger partial charge in [0.05, 0.1) is 10.9 Å². The van der Waals surface area contributed by atoms with Crippen LogP contribution in [0.4, 0.5) is 4.39 Å². The van der Waals surface area contributed by atoms with E-state index in [4.69, 9.17) is 4.74 Å². The first-order chi connectivity index (χ1) is 16.9. The van der Waals surface area contributed by atoms with Crippen LogP contribution in [0, 0.1) is 5.82 Å². The molecule has 0 radical (unpaired) electrons. The number of hydrogen-bond donors (Lipinski definition) is 2. The molecule has 35 heavy (non-hydrogen) atoms. The van der Waals surface area contributed by atoms with Crippen molar-refractivity contribution in [2.24, 2.45) is 0 Å². The second-order valence-corrected chi connectivity index (χ2v) is 9.56. The number of halogens is 1. The number of H-pyrrole nitrogens is 1. The topological polar surface area (TPSA) is 106 Å². The summed E-state index contributed by atoms with van der Waals surface area (Å²) in [7, 11) is 0. The maximum Gasteiger partial charge on any atom is 0.329 e. The van der Waals surface area contributed by atoms with Crippen LogP contribution in [-0.2, 0) is 16.7 Å². The summed E-state index contributed by atoms with van der Waals surface area (Å²) in [6.45, 7) is 3.62. The van der Waals surface area contributed by atoms with E-state index in [9.17, 15) is 18.8 Å². The van der Waals surface area contributed by atoms with Crippen molar-refractivity contribution in [3.05, 3.63) is 73.8 Å². The Morgan fingerprint density at radius 3 is 2.71 bits per heavy atom. The molecule has 2 aliphatic rings. The fourth-order valence-corrected chi connectivity index (χ4v) is 4.98. The number of carbonyl (C=O) groups is 1. The number of fused-ring (bicyclic) bond motifs is 1. The second-order valence-electron chi connectivity index (χ2n) is 9.56. The zero-order chi connectivity index (χ0) is 24.6. The van der Waals surface area contributed by atoms with Crippen molar-refractivity contribution >= 4 is 16.9 Å². The lowest BCUT2D eigenvalue weighted by molar-refractivity contribution is 0.0486. The molecule has 1 saturated heterocycles. The number of carbonyl (C=O) groups excluding carboxylic acids is 1. The number of aryl methyl sites for hydroxylation is 1. The summed E-state index contributed by atoms with van der Waals surface area (Å²) in [6, 6.07) is 8.15. The van der Waals surface area contributed by atoms with Gasteiger partial charge in [0.25, 0.3) is 11.5 Å². The summed E-state index contributed by atoms with van der Waals surface area (Å²) < 4.78 is 21.0. The number of rotatable bonds is 7. The van der Waals surface area contributed by atoms with E-state index in [-0.39, 0.29) is 34.9 Å². The van der Waals surface area contributed by atoms with E-state index < -0.39 is 22.6 Å². The van der Waals surface area contributed by atoms with Crippen LogP contribution in [0.15, 0.2) is 39.9 Å². The number of aromatic amines is 1. The third kappa shape index (κ3) is 4.52. The lowest BCUT2D eigenvalue weighted by atomic mass is 9.74. The molecule has 184 valence electrons. The Labute approximate surface area is 201 Å². The summed E-state index contributed by atoms with van der Waals surface area (Å²) in [5, 5.41) is 3.13. The molecule has 0 atom stereocenters. The predicted molar refractivity (Wildman–Crippen MR) is 129 cm³/mol. The molecule has 3 aromatic rings. The molecule has 1 saturated carbocycles. The van der Waals surface area contributed by atoms with E-state index in [2.05, 4.69) is 15.3 Å². The number of benzene rings is 1. The molecule has 9 heteroatoms. The first kappa shape index (κ1) is 23.4. The Bertz CT molecular complexity index is 1390. The van der Waals surface area contributed by atoms with Gasteiger partial charge in [0, 0.05) is 43.3 Å². The molecule has 5 rings (SSSR count). The van der Waals surface area contributed by atoms with Gasteiger partial charge in [-0.1, -0.05) is 19.1 Å². The molecule has 2 fully saturated rings. The maximum atomic E-state index is 14.0. The van der Waals surface area contributed by atoms with Gasteiger partial charge in [0.1, 0.15) is 5.82 Å². The Balaban J connectivity index is 1.54. The molecule has 1 amide bonds. The van der Waals surface area contributed by atoms with Gasteiger partial charge in [-0.05, 0) is 55.9 Å². The normalized spacial score (nSPS) is 17.4. The van der Waals surface area contributed by atoms with Gasteiger partial charge in [-0.2, -0.15) is 0 Å².